The number of hydrogen-bond acceptors (Lipinski definition) is 4. The zero-order valence-corrected chi connectivity index (χ0v) is 16.0. The van der Waals surface area contributed by atoms with Crippen LogP contribution in [0.5, 0.6) is 0 Å². The van der Waals surface area contributed by atoms with Gasteiger partial charge in [-0.2, -0.15) is 5.10 Å². The lowest BCUT2D eigenvalue weighted by Gasteiger charge is -2.30. The first kappa shape index (κ1) is 17.2. The molecule has 3 aromatic rings. The fourth-order valence-corrected chi connectivity index (χ4v) is 4.52. The molecule has 0 atom stereocenters. The minimum absolute atomic E-state index is 0.0587. The molecule has 0 saturated carbocycles. The van der Waals surface area contributed by atoms with Crippen molar-refractivity contribution in [3.63, 3.8) is 0 Å². The van der Waals surface area contributed by atoms with Crippen LogP contribution in [0.2, 0.25) is 5.02 Å². The molecule has 0 aliphatic carbocycles. The van der Waals surface area contributed by atoms with Crippen LogP contribution in [-0.4, -0.2) is 38.7 Å². The number of fused-ring (bicyclic) bond motifs is 1. The molecule has 5 nitrogen and oxygen atoms in total. The Labute approximate surface area is 160 Å². The number of likely N-dealkylation sites (tertiary alicyclic amines) is 1. The van der Waals surface area contributed by atoms with Gasteiger partial charge in [0.15, 0.2) is 0 Å². The van der Waals surface area contributed by atoms with Crippen molar-refractivity contribution in [2.24, 2.45) is 7.05 Å². The smallest absolute Gasteiger partial charge is 0.246 e. The molecule has 1 aliphatic rings. The Morgan fingerprint density at radius 1 is 1.35 bits per heavy atom. The minimum Gasteiger partial charge on any atom is -0.339 e. The molecule has 0 spiro atoms. The number of piperidine rings is 1. The van der Waals surface area contributed by atoms with Gasteiger partial charge >= 0.3 is 0 Å². The lowest BCUT2D eigenvalue weighted by molar-refractivity contribution is -0.126. The summed E-state index contributed by atoms with van der Waals surface area (Å²) in [5.74, 6) is 0.473. The van der Waals surface area contributed by atoms with Crippen LogP contribution in [0.1, 0.15) is 29.3 Å². The molecule has 1 fully saturated rings. The number of rotatable bonds is 3. The van der Waals surface area contributed by atoms with E-state index in [9.17, 15) is 4.79 Å². The predicted octanol–water partition coefficient (Wildman–Crippen LogP) is 4.10. The van der Waals surface area contributed by atoms with Gasteiger partial charge in [0.1, 0.15) is 0 Å². The molecule has 0 radical (unpaired) electrons. The SMILES string of the molecule is Cn1cc(/C=C/C(=O)N2CCC(c3nc4cc(Cl)ccc4s3)CC2)cn1. The number of aromatic nitrogens is 3. The Morgan fingerprint density at radius 2 is 2.15 bits per heavy atom. The van der Waals surface area contributed by atoms with E-state index < -0.39 is 0 Å². The topological polar surface area (TPSA) is 51.0 Å². The molecule has 2 aromatic heterocycles. The van der Waals surface area contributed by atoms with Gasteiger partial charge in [-0.15, -0.1) is 11.3 Å². The van der Waals surface area contributed by atoms with Gasteiger partial charge < -0.3 is 4.90 Å². The van der Waals surface area contributed by atoms with Crippen LogP contribution in [0.3, 0.4) is 0 Å². The Kier molecular flexibility index (Phi) is 4.78. The molecule has 7 heteroatoms. The van der Waals surface area contributed by atoms with E-state index in [-0.39, 0.29) is 5.91 Å². The van der Waals surface area contributed by atoms with Crippen molar-refractivity contribution in [2.45, 2.75) is 18.8 Å². The Balaban J connectivity index is 1.38. The van der Waals surface area contributed by atoms with Crippen LogP contribution in [0, 0.1) is 0 Å². The quantitative estimate of drug-likeness (QED) is 0.636. The van der Waals surface area contributed by atoms with E-state index in [2.05, 4.69) is 5.10 Å². The number of hydrogen-bond donors (Lipinski definition) is 0. The molecule has 1 aromatic carbocycles. The first-order valence-electron chi connectivity index (χ1n) is 8.60. The lowest BCUT2D eigenvalue weighted by Crippen LogP contribution is -2.36. The van der Waals surface area contributed by atoms with E-state index >= 15 is 0 Å². The molecule has 1 amide bonds. The zero-order chi connectivity index (χ0) is 18.1. The van der Waals surface area contributed by atoms with Crippen LogP contribution in [-0.2, 0) is 11.8 Å². The number of amides is 1. The number of carbonyl (C=O) groups excluding carboxylic acids is 1. The third-order valence-corrected chi connectivity index (χ3v) is 6.10. The zero-order valence-electron chi connectivity index (χ0n) is 14.4. The number of thiazole rings is 1. The summed E-state index contributed by atoms with van der Waals surface area (Å²) in [6.07, 6.45) is 8.97. The third kappa shape index (κ3) is 3.66. The van der Waals surface area contributed by atoms with Crippen molar-refractivity contribution in [3.8, 4) is 0 Å². The molecular weight excluding hydrogens is 368 g/mol. The van der Waals surface area contributed by atoms with E-state index in [4.69, 9.17) is 16.6 Å². The summed E-state index contributed by atoms with van der Waals surface area (Å²) in [4.78, 5) is 19.0. The fourth-order valence-electron chi connectivity index (χ4n) is 3.24. The van der Waals surface area contributed by atoms with Crippen molar-refractivity contribution in [1.29, 1.82) is 0 Å². The maximum Gasteiger partial charge on any atom is 0.246 e. The van der Waals surface area contributed by atoms with Gasteiger partial charge in [-0.05, 0) is 37.1 Å². The highest BCUT2D eigenvalue weighted by molar-refractivity contribution is 7.18. The van der Waals surface area contributed by atoms with Gasteiger partial charge in [-0.25, -0.2) is 4.98 Å². The summed E-state index contributed by atoms with van der Waals surface area (Å²) >= 11 is 7.79. The molecule has 0 bridgehead atoms. The highest BCUT2D eigenvalue weighted by Crippen LogP contribution is 2.34. The molecule has 3 heterocycles. The standard InChI is InChI=1S/C19H19ClN4OS/c1-23-12-13(11-21-23)2-5-18(25)24-8-6-14(7-9-24)19-22-16-10-15(20)3-4-17(16)26-19/h2-5,10-12,14H,6-9H2,1H3/b5-2+. The number of carbonyl (C=O) groups is 1. The first-order chi connectivity index (χ1) is 12.6. The number of nitrogens with zero attached hydrogens (tertiary/aromatic N) is 4. The molecule has 0 N–H and O–H groups in total. The van der Waals surface area contributed by atoms with Gasteiger partial charge in [0.05, 0.1) is 21.4 Å². The van der Waals surface area contributed by atoms with Gasteiger partial charge in [-0.1, -0.05) is 11.6 Å². The predicted molar refractivity (Wildman–Crippen MR) is 105 cm³/mol. The fraction of sp³-hybridized carbons (Fsp3) is 0.316. The molecule has 1 saturated heterocycles. The average Bonchev–Trinajstić information content (AvgIpc) is 3.25. The van der Waals surface area contributed by atoms with Crippen molar-refractivity contribution in [1.82, 2.24) is 19.7 Å². The first-order valence-corrected chi connectivity index (χ1v) is 9.79. The lowest BCUT2D eigenvalue weighted by atomic mass is 9.97. The second kappa shape index (κ2) is 7.21. The summed E-state index contributed by atoms with van der Waals surface area (Å²) < 4.78 is 2.89. The second-order valence-corrected chi connectivity index (χ2v) is 8.04. The Bertz CT molecular complexity index is 969. The van der Waals surface area contributed by atoms with Gasteiger partial charge in [-0.3, -0.25) is 9.48 Å². The normalized spacial score (nSPS) is 16.0. The maximum absolute atomic E-state index is 12.4. The largest absolute Gasteiger partial charge is 0.339 e. The highest BCUT2D eigenvalue weighted by Gasteiger charge is 2.25. The van der Waals surface area contributed by atoms with Crippen LogP contribution < -0.4 is 0 Å². The Morgan fingerprint density at radius 3 is 2.88 bits per heavy atom. The maximum atomic E-state index is 12.4. The second-order valence-electron chi connectivity index (χ2n) is 6.54. The van der Waals surface area contributed by atoms with Crippen LogP contribution in [0.25, 0.3) is 16.3 Å². The van der Waals surface area contributed by atoms with Gasteiger partial charge in [0.25, 0.3) is 0 Å². The van der Waals surface area contributed by atoms with E-state index in [0.717, 1.165) is 47.0 Å². The van der Waals surface area contributed by atoms with Crippen LogP contribution in [0.15, 0.2) is 36.7 Å². The van der Waals surface area contributed by atoms with Crippen molar-refractivity contribution >= 4 is 45.1 Å². The van der Waals surface area contributed by atoms with E-state index in [1.807, 2.05) is 42.4 Å². The molecule has 26 heavy (non-hydrogen) atoms. The van der Waals surface area contributed by atoms with E-state index in [1.54, 1.807) is 28.3 Å². The monoisotopic (exact) mass is 386 g/mol. The molecule has 4 rings (SSSR count). The summed E-state index contributed by atoms with van der Waals surface area (Å²) in [6.45, 7) is 1.52. The van der Waals surface area contributed by atoms with Crippen molar-refractivity contribution < 1.29 is 4.79 Å². The Hall–Kier alpha value is -2.18. The van der Waals surface area contributed by atoms with Crippen LogP contribution in [0.4, 0.5) is 0 Å². The molecular formula is C19H19ClN4OS. The molecule has 134 valence electrons. The van der Waals surface area contributed by atoms with Crippen molar-refractivity contribution in [3.05, 3.63) is 52.3 Å². The number of aryl methyl sites for hydroxylation is 1. The molecule has 0 unspecified atom stereocenters. The number of halogens is 1. The highest BCUT2D eigenvalue weighted by atomic mass is 35.5. The average molecular weight is 387 g/mol. The summed E-state index contributed by atoms with van der Waals surface area (Å²) in [5, 5.41) is 5.97. The van der Waals surface area contributed by atoms with E-state index in [0.29, 0.717) is 5.92 Å². The summed E-state index contributed by atoms with van der Waals surface area (Å²) in [6, 6.07) is 5.85. The van der Waals surface area contributed by atoms with Gasteiger partial charge in [0.2, 0.25) is 5.91 Å². The third-order valence-electron chi connectivity index (χ3n) is 4.67. The molecule has 1 aliphatic heterocycles. The van der Waals surface area contributed by atoms with Crippen molar-refractivity contribution in [2.75, 3.05) is 13.1 Å². The van der Waals surface area contributed by atoms with Gasteiger partial charge in [0, 0.05) is 48.9 Å². The van der Waals surface area contributed by atoms with Crippen LogP contribution >= 0.6 is 22.9 Å². The summed E-state index contributed by atoms with van der Waals surface area (Å²) in [5.41, 5.74) is 1.90. The van der Waals surface area contributed by atoms with E-state index in [1.165, 1.54) is 4.70 Å². The minimum atomic E-state index is 0.0587. The number of benzene rings is 1. The summed E-state index contributed by atoms with van der Waals surface area (Å²) in [7, 11) is 1.86.